The Morgan fingerprint density at radius 1 is 1.08 bits per heavy atom. The molecule has 0 aliphatic heterocycles. The van der Waals surface area contributed by atoms with Crippen LogP contribution in [0.4, 0.5) is 13.2 Å². The van der Waals surface area contributed by atoms with Gasteiger partial charge < -0.3 is 14.2 Å². The Balaban J connectivity index is 2.53. The molecule has 0 bridgehead atoms. The molecule has 0 atom stereocenters. The number of alkyl halides is 3. The van der Waals surface area contributed by atoms with Gasteiger partial charge in [-0.25, -0.2) is 0 Å². The summed E-state index contributed by atoms with van der Waals surface area (Å²) in [6, 6.07) is 7.16. The highest BCUT2D eigenvalue weighted by Gasteiger charge is 2.34. The number of halogens is 3. The van der Waals surface area contributed by atoms with E-state index in [-0.39, 0.29) is 28.6 Å². The van der Waals surface area contributed by atoms with E-state index in [1.54, 1.807) is 0 Å². The summed E-state index contributed by atoms with van der Waals surface area (Å²) in [5.41, 5.74) is -1.39. The number of benzene rings is 2. The summed E-state index contributed by atoms with van der Waals surface area (Å²) in [6.45, 7) is 0. The highest BCUT2D eigenvalue weighted by Crippen LogP contribution is 2.42. The zero-order valence-corrected chi connectivity index (χ0v) is 13.2. The standard InChI is InChI=1S/C17H12F3NO4/c1-23-14-5-10(9-22)6-15(24-2)16(14)25-12-4-3-11(8-21)13(7-12)17(18,19)20/h3-7,9H,1-2H3. The quantitative estimate of drug-likeness (QED) is 0.755. The predicted molar refractivity (Wildman–Crippen MR) is 81.2 cm³/mol. The number of hydrogen-bond donors (Lipinski definition) is 0. The van der Waals surface area contributed by atoms with Gasteiger partial charge in [-0.3, -0.25) is 4.79 Å². The van der Waals surface area contributed by atoms with Gasteiger partial charge in [-0.2, -0.15) is 18.4 Å². The minimum atomic E-state index is -4.71. The second-order valence-corrected chi connectivity index (χ2v) is 4.79. The highest BCUT2D eigenvalue weighted by molar-refractivity contribution is 5.78. The fraction of sp³-hybridized carbons (Fsp3) is 0.176. The largest absolute Gasteiger partial charge is 0.493 e. The Kier molecular flexibility index (Phi) is 5.17. The van der Waals surface area contributed by atoms with Crippen LogP contribution in [0.2, 0.25) is 0 Å². The number of aldehydes is 1. The molecule has 0 fully saturated rings. The van der Waals surface area contributed by atoms with Gasteiger partial charge in [-0.1, -0.05) is 0 Å². The van der Waals surface area contributed by atoms with E-state index in [0.717, 1.165) is 6.07 Å². The number of carbonyl (C=O) groups excluding carboxylic acids is 1. The average molecular weight is 351 g/mol. The van der Waals surface area contributed by atoms with Crippen LogP contribution in [0.15, 0.2) is 30.3 Å². The number of nitrogens with zero attached hydrogens (tertiary/aromatic N) is 1. The molecule has 0 saturated heterocycles. The number of nitriles is 1. The zero-order chi connectivity index (χ0) is 18.6. The number of ether oxygens (including phenoxy) is 3. The van der Waals surface area contributed by atoms with Crippen LogP contribution in [0.1, 0.15) is 21.5 Å². The van der Waals surface area contributed by atoms with Crippen LogP contribution >= 0.6 is 0 Å². The van der Waals surface area contributed by atoms with E-state index in [9.17, 15) is 18.0 Å². The maximum Gasteiger partial charge on any atom is 0.417 e. The molecule has 2 aromatic rings. The van der Waals surface area contributed by atoms with E-state index in [4.69, 9.17) is 19.5 Å². The molecule has 0 spiro atoms. The summed E-state index contributed by atoms with van der Waals surface area (Å²) in [5.74, 6) is 0.0638. The highest BCUT2D eigenvalue weighted by atomic mass is 19.4. The van der Waals surface area contributed by atoms with Crippen molar-refractivity contribution in [2.24, 2.45) is 0 Å². The topological polar surface area (TPSA) is 68.6 Å². The van der Waals surface area contributed by atoms with Crippen molar-refractivity contribution in [2.75, 3.05) is 14.2 Å². The van der Waals surface area contributed by atoms with Gasteiger partial charge in [0, 0.05) is 5.56 Å². The second-order valence-electron chi connectivity index (χ2n) is 4.79. The minimum Gasteiger partial charge on any atom is -0.493 e. The molecule has 5 nitrogen and oxygen atoms in total. The Bertz CT molecular complexity index is 816. The van der Waals surface area contributed by atoms with Gasteiger partial charge in [-0.15, -0.1) is 0 Å². The Morgan fingerprint density at radius 2 is 1.68 bits per heavy atom. The normalized spacial score (nSPS) is 10.7. The van der Waals surface area contributed by atoms with Gasteiger partial charge >= 0.3 is 6.18 Å². The average Bonchev–Trinajstić information content (AvgIpc) is 2.60. The van der Waals surface area contributed by atoms with Gasteiger partial charge in [0.2, 0.25) is 5.75 Å². The molecule has 2 aromatic carbocycles. The third kappa shape index (κ3) is 3.83. The van der Waals surface area contributed by atoms with Gasteiger partial charge in [0.25, 0.3) is 0 Å². The van der Waals surface area contributed by atoms with Gasteiger partial charge in [0.05, 0.1) is 31.4 Å². The summed E-state index contributed by atoms with van der Waals surface area (Å²) in [5, 5.41) is 8.82. The first-order valence-electron chi connectivity index (χ1n) is 6.84. The summed E-state index contributed by atoms with van der Waals surface area (Å²) in [7, 11) is 2.63. The van der Waals surface area contributed by atoms with Crippen molar-refractivity contribution < 1.29 is 32.2 Å². The van der Waals surface area contributed by atoms with Crippen molar-refractivity contribution >= 4 is 6.29 Å². The molecule has 25 heavy (non-hydrogen) atoms. The van der Waals surface area contributed by atoms with Crippen LogP contribution in [-0.4, -0.2) is 20.5 Å². The van der Waals surface area contributed by atoms with Gasteiger partial charge in [-0.05, 0) is 30.3 Å². The van der Waals surface area contributed by atoms with E-state index in [1.807, 2.05) is 0 Å². The molecule has 2 rings (SSSR count). The smallest absolute Gasteiger partial charge is 0.417 e. The van der Waals surface area contributed by atoms with Crippen LogP contribution < -0.4 is 14.2 Å². The summed E-state index contributed by atoms with van der Waals surface area (Å²) in [4.78, 5) is 10.9. The van der Waals surface area contributed by atoms with Crippen LogP contribution in [0, 0.1) is 11.3 Å². The molecular weight excluding hydrogens is 339 g/mol. The molecule has 130 valence electrons. The Hall–Kier alpha value is -3.21. The van der Waals surface area contributed by atoms with Crippen LogP contribution in [0.5, 0.6) is 23.0 Å². The maximum atomic E-state index is 13.0. The molecule has 0 aliphatic rings. The molecule has 0 amide bonds. The monoisotopic (exact) mass is 351 g/mol. The SMILES string of the molecule is COc1cc(C=O)cc(OC)c1Oc1ccc(C#N)c(C(F)(F)F)c1. The van der Waals surface area contributed by atoms with Crippen molar-refractivity contribution in [3.8, 4) is 29.1 Å². The molecule has 0 aromatic heterocycles. The van der Waals surface area contributed by atoms with Crippen LogP contribution in [0.25, 0.3) is 0 Å². The summed E-state index contributed by atoms with van der Waals surface area (Å²) >= 11 is 0. The second kappa shape index (κ2) is 7.13. The molecule has 0 N–H and O–H groups in total. The molecule has 0 saturated carbocycles. The molecule has 0 heterocycles. The zero-order valence-electron chi connectivity index (χ0n) is 13.2. The Labute approximate surface area is 141 Å². The van der Waals surface area contributed by atoms with Crippen molar-refractivity contribution in [1.82, 2.24) is 0 Å². The van der Waals surface area contributed by atoms with Gasteiger partial charge in [0.15, 0.2) is 11.5 Å². The lowest BCUT2D eigenvalue weighted by molar-refractivity contribution is -0.137. The van der Waals surface area contributed by atoms with Crippen molar-refractivity contribution in [1.29, 1.82) is 5.26 Å². The summed E-state index contributed by atoms with van der Waals surface area (Å²) in [6.07, 6.45) is -4.14. The molecule has 0 unspecified atom stereocenters. The number of hydrogen-bond acceptors (Lipinski definition) is 5. The lowest BCUT2D eigenvalue weighted by atomic mass is 10.1. The first-order chi connectivity index (χ1) is 11.8. The fourth-order valence-electron chi connectivity index (χ4n) is 2.11. The fourth-order valence-corrected chi connectivity index (χ4v) is 2.11. The third-order valence-corrected chi connectivity index (χ3v) is 3.26. The Morgan fingerprint density at radius 3 is 2.12 bits per heavy atom. The van der Waals surface area contributed by atoms with Crippen molar-refractivity contribution in [2.45, 2.75) is 6.18 Å². The summed E-state index contributed by atoms with van der Waals surface area (Å²) < 4.78 is 54.8. The maximum absolute atomic E-state index is 13.0. The molecule has 8 heteroatoms. The van der Waals surface area contributed by atoms with Gasteiger partial charge in [0.1, 0.15) is 12.0 Å². The van der Waals surface area contributed by atoms with Crippen LogP contribution in [-0.2, 0) is 6.18 Å². The van der Waals surface area contributed by atoms with E-state index >= 15 is 0 Å². The number of carbonyl (C=O) groups is 1. The predicted octanol–water partition coefficient (Wildman–Crippen LogP) is 4.20. The minimum absolute atomic E-state index is 0.00781. The van der Waals surface area contributed by atoms with Crippen molar-refractivity contribution in [3.05, 3.63) is 47.0 Å². The lowest BCUT2D eigenvalue weighted by Crippen LogP contribution is -2.08. The first kappa shape index (κ1) is 18.1. The van der Waals surface area contributed by atoms with Crippen molar-refractivity contribution in [3.63, 3.8) is 0 Å². The first-order valence-corrected chi connectivity index (χ1v) is 6.84. The van der Waals surface area contributed by atoms with E-state index < -0.39 is 17.3 Å². The van der Waals surface area contributed by atoms with Crippen LogP contribution in [0.3, 0.4) is 0 Å². The van der Waals surface area contributed by atoms with E-state index in [0.29, 0.717) is 12.4 Å². The third-order valence-electron chi connectivity index (χ3n) is 3.26. The molecular formula is C17H12F3NO4. The van der Waals surface area contributed by atoms with E-state index in [1.165, 1.54) is 38.5 Å². The molecule has 0 aliphatic carbocycles. The number of methoxy groups -OCH3 is 2. The van der Waals surface area contributed by atoms with E-state index in [2.05, 4.69) is 0 Å². The number of rotatable bonds is 5. The lowest BCUT2D eigenvalue weighted by Gasteiger charge is -2.16. The molecule has 0 radical (unpaired) electrons.